The lowest BCUT2D eigenvalue weighted by atomic mass is 10.1. The molecule has 2 rings (SSSR count). The fourth-order valence-corrected chi connectivity index (χ4v) is 1.25. The predicted molar refractivity (Wildman–Crippen MR) is 51.8 cm³/mol. The first-order valence-electron chi connectivity index (χ1n) is 4.37. The van der Waals surface area contributed by atoms with E-state index in [0.717, 1.165) is 5.56 Å². The maximum Gasteiger partial charge on any atom is 0.217 e. The first-order valence-corrected chi connectivity index (χ1v) is 4.37. The number of hydrogen-bond acceptors (Lipinski definition) is 2. The fourth-order valence-electron chi connectivity index (χ4n) is 1.25. The van der Waals surface area contributed by atoms with Gasteiger partial charge in [-0.15, -0.1) is 0 Å². The Bertz CT molecular complexity index is 327. The number of hydrogen-bond donors (Lipinski definition) is 0. The Morgan fingerprint density at radius 3 is 2.85 bits per heavy atom. The fraction of sp³-hybridized carbons (Fsp3) is 0.364. The molecule has 0 aromatic heterocycles. The van der Waals surface area contributed by atoms with Crippen molar-refractivity contribution < 1.29 is 4.74 Å². The number of aliphatic imine (C=N–C) groups is 1. The van der Waals surface area contributed by atoms with E-state index in [0.29, 0.717) is 12.5 Å². The smallest absolute Gasteiger partial charge is 0.217 e. The van der Waals surface area contributed by atoms with Crippen molar-refractivity contribution in [2.75, 3.05) is 6.61 Å². The molecule has 2 heteroatoms. The molecule has 0 amide bonds. The summed E-state index contributed by atoms with van der Waals surface area (Å²) in [4.78, 5) is 4.45. The first kappa shape index (κ1) is 8.30. The van der Waals surface area contributed by atoms with Gasteiger partial charge in [-0.1, -0.05) is 18.2 Å². The summed E-state index contributed by atoms with van der Waals surface area (Å²) in [5.74, 6) is 0.714. The molecule has 2 nitrogen and oxygen atoms in total. The van der Waals surface area contributed by atoms with E-state index in [1.165, 1.54) is 0 Å². The van der Waals surface area contributed by atoms with Gasteiger partial charge >= 0.3 is 0 Å². The van der Waals surface area contributed by atoms with Crippen molar-refractivity contribution in [2.45, 2.75) is 19.4 Å². The van der Waals surface area contributed by atoms with Crippen LogP contribution in [0.1, 0.15) is 19.4 Å². The van der Waals surface area contributed by atoms with Gasteiger partial charge < -0.3 is 4.74 Å². The molecule has 0 N–H and O–H groups in total. The average Bonchev–Trinajstić information content (AvgIpc) is 2.48. The molecule has 0 unspecified atom stereocenters. The molecule has 0 atom stereocenters. The van der Waals surface area contributed by atoms with E-state index in [1.54, 1.807) is 0 Å². The van der Waals surface area contributed by atoms with Crippen LogP contribution in [0, 0.1) is 6.07 Å². The summed E-state index contributed by atoms with van der Waals surface area (Å²) in [6.07, 6.45) is 0. The molecule has 0 spiro atoms. The van der Waals surface area contributed by atoms with Gasteiger partial charge in [-0.25, -0.2) is 4.99 Å². The summed E-state index contributed by atoms with van der Waals surface area (Å²) in [5.41, 5.74) is 0.854. The van der Waals surface area contributed by atoms with Gasteiger partial charge in [-0.3, -0.25) is 0 Å². The van der Waals surface area contributed by atoms with Crippen LogP contribution in [0.4, 0.5) is 0 Å². The van der Waals surface area contributed by atoms with Gasteiger partial charge in [-0.2, -0.15) is 0 Å². The Morgan fingerprint density at radius 2 is 2.31 bits per heavy atom. The van der Waals surface area contributed by atoms with Crippen molar-refractivity contribution in [3.05, 3.63) is 35.9 Å². The molecule has 1 heterocycles. The molecule has 0 aliphatic carbocycles. The molecule has 0 bridgehead atoms. The summed E-state index contributed by atoms with van der Waals surface area (Å²) >= 11 is 0. The summed E-state index contributed by atoms with van der Waals surface area (Å²) in [6, 6.07) is 10.8. The molecule has 0 saturated heterocycles. The normalized spacial score (nSPS) is 19.4. The third-order valence-corrected chi connectivity index (χ3v) is 1.91. The Labute approximate surface area is 78.3 Å². The van der Waals surface area contributed by atoms with Crippen LogP contribution in [0.5, 0.6) is 0 Å². The Kier molecular flexibility index (Phi) is 1.83. The maximum absolute atomic E-state index is 5.47. The molecule has 1 aliphatic rings. The maximum atomic E-state index is 5.47. The lowest BCUT2D eigenvalue weighted by molar-refractivity contribution is 0.279. The summed E-state index contributed by atoms with van der Waals surface area (Å²) < 4.78 is 5.47. The molecular weight excluding hydrogens is 162 g/mol. The zero-order valence-electron chi connectivity index (χ0n) is 7.87. The molecule has 13 heavy (non-hydrogen) atoms. The van der Waals surface area contributed by atoms with Crippen LogP contribution >= 0.6 is 0 Å². The Morgan fingerprint density at radius 1 is 1.46 bits per heavy atom. The standard InChI is InChI=1S/C11H12NO/c1-11(2)8-13-10(12-11)9-6-4-3-5-7-9/h3-6H,8H2,1-2H3. The van der Waals surface area contributed by atoms with E-state index in [9.17, 15) is 0 Å². The third kappa shape index (κ3) is 1.72. The van der Waals surface area contributed by atoms with E-state index in [2.05, 4.69) is 24.9 Å². The summed E-state index contributed by atoms with van der Waals surface area (Å²) in [5, 5.41) is 0. The first-order chi connectivity index (χ1) is 6.17. The van der Waals surface area contributed by atoms with Gasteiger partial charge in [0.1, 0.15) is 6.61 Å². The number of nitrogens with zero attached hydrogens (tertiary/aromatic N) is 1. The molecule has 0 saturated carbocycles. The Hall–Kier alpha value is -1.31. The summed E-state index contributed by atoms with van der Waals surface area (Å²) in [6.45, 7) is 4.77. The zero-order chi connectivity index (χ0) is 9.31. The van der Waals surface area contributed by atoms with E-state index >= 15 is 0 Å². The van der Waals surface area contributed by atoms with Crippen LogP contribution in [0.15, 0.2) is 29.3 Å². The molecule has 67 valence electrons. The molecular formula is C11H12NO. The number of ether oxygens (including phenoxy) is 1. The molecule has 1 aromatic rings. The molecule has 1 aromatic carbocycles. The monoisotopic (exact) mass is 174 g/mol. The number of rotatable bonds is 1. The van der Waals surface area contributed by atoms with Crippen LogP contribution in [0.2, 0.25) is 0 Å². The van der Waals surface area contributed by atoms with Crippen LogP contribution < -0.4 is 0 Å². The van der Waals surface area contributed by atoms with Crippen LogP contribution in [-0.4, -0.2) is 18.0 Å². The van der Waals surface area contributed by atoms with Crippen molar-refractivity contribution in [1.29, 1.82) is 0 Å². The van der Waals surface area contributed by atoms with Crippen LogP contribution in [0.25, 0.3) is 0 Å². The second-order valence-corrected chi connectivity index (χ2v) is 3.79. The van der Waals surface area contributed by atoms with Crippen molar-refractivity contribution in [3.8, 4) is 0 Å². The minimum atomic E-state index is -0.0843. The molecule has 1 aliphatic heterocycles. The van der Waals surface area contributed by atoms with E-state index in [-0.39, 0.29) is 5.54 Å². The van der Waals surface area contributed by atoms with Gasteiger partial charge in [0.15, 0.2) is 0 Å². The summed E-state index contributed by atoms with van der Waals surface area (Å²) in [7, 11) is 0. The minimum Gasteiger partial charge on any atom is -0.475 e. The van der Waals surface area contributed by atoms with Crippen LogP contribution in [0.3, 0.4) is 0 Å². The molecule has 0 fully saturated rings. The van der Waals surface area contributed by atoms with Crippen LogP contribution in [-0.2, 0) is 4.74 Å². The highest BCUT2D eigenvalue weighted by Gasteiger charge is 2.26. The van der Waals surface area contributed by atoms with Gasteiger partial charge in [0, 0.05) is 5.56 Å². The van der Waals surface area contributed by atoms with Gasteiger partial charge in [0.2, 0.25) is 5.90 Å². The van der Waals surface area contributed by atoms with E-state index in [1.807, 2.05) is 24.3 Å². The zero-order valence-corrected chi connectivity index (χ0v) is 7.87. The third-order valence-electron chi connectivity index (χ3n) is 1.91. The largest absolute Gasteiger partial charge is 0.475 e. The highest BCUT2D eigenvalue weighted by Crippen LogP contribution is 2.19. The van der Waals surface area contributed by atoms with Gasteiger partial charge in [-0.05, 0) is 26.0 Å². The lowest BCUT2D eigenvalue weighted by Gasteiger charge is -2.07. The highest BCUT2D eigenvalue weighted by molar-refractivity contribution is 5.95. The topological polar surface area (TPSA) is 21.6 Å². The Balaban J connectivity index is 2.30. The van der Waals surface area contributed by atoms with Gasteiger partial charge in [0.05, 0.1) is 5.54 Å². The van der Waals surface area contributed by atoms with Crippen molar-refractivity contribution in [2.24, 2.45) is 4.99 Å². The average molecular weight is 174 g/mol. The van der Waals surface area contributed by atoms with E-state index < -0.39 is 0 Å². The molecule has 1 radical (unpaired) electrons. The van der Waals surface area contributed by atoms with Gasteiger partial charge in [0.25, 0.3) is 0 Å². The predicted octanol–water partition coefficient (Wildman–Crippen LogP) is 2.04. The lowest BCUT2D eigenvalue weighted by Crippen LogP contribution is -2.17. The second kappa shape index (κ2) is 2.87. The SMILES string of the molecule is CC1(C)COC(c2[c]cccc2)=N1. The van der Waals surface area contributed by atoms with Crippen molar-refractivity contribution >= 4 is 5.90 Å². The number of benzene rings is 1. The van der Waals surface area contributed by atoms with Crippen molar-refractivity contribution in [3.63, 3.8) is 0 Å². The minimum absolute atomic E-state index is 0.0843. The van der Waals surface area contributed by atoms with E-state index in [4.69, 9.17) is 4.74 Å². The quantitative estimate of drug-likeness (QED) is 0.638. The highest BCUT2D eigenvalue weighted by atomic mass is 16.5. The second-order valence-electron chi connectivity index (χ2n) is 3.79. The van der Waals surface area contributed by atoms with Crippen molar-refractivity contribution in [1.82, 2.24) is 0 Å².